The zero-order valence-electron chi connectivity index (χ0n) is 10.3. The molecule has 1 heterocycles. The van der Waals surface area contributed by atoms with Gasteiger partial charge in [0, 0.05) is 18.2 Å². The molecule has 0 atom stereocenters. The maximum atomic E-state index is 13.1. The molecule has 2 N–H and O–H groups in total. The summed E-state index contributed by atoms with van der Waals surface area (Å²) < 4.78 is 18.6. The largest absolute Gasteiger partial charge is 0.437 e. The maximum Gasteiger partial charge on any atom is 0.243 e. The number of aromatic nitrogens is 2. The second kappa shape index (κ2) is 5.10. The summed E-state index contributed by atoms with van der Waals surface area (Å²) in [6, 6.07) is 5.86. The molecule has 0 unspecified atom stereocenters. The van der Waals surface area contributed by atoms with Gasteiger partial charge in [-0.2, -0.15) is 5.10 Å². The Morgan fingerprint density at radius 3 is 2.72 bits per heavy atom. The Morgan fingerprint density at radius 2 is 2.06 bits per heavy atom. The third-order valence-electron chi connectivity index (χ3n) is 2.76. The van der Waals surface area contributed by atoms with Gasteiger partial charge in [-0.05, 0) is 31.5 Å². The first-order chi connectivity index (χ1) is 8.61. The summed E-state index contributed by atoms with van der Waals surface area (Å²) in [5.41, 5.74) is 8.22. The lowest BCUT2D eigenvalue weighted by Gasteiger charge is -2.11. The van der Waals surface area contributed by atoms with Gasteiger partial charge in [0.1, 0.15) is 11.6 Å². The van der Waals surface area contributed by atoms with Gasteiger partial charge < -0.3 is 10.5 Å². The quantitative estimate of drug-likeness (QED) is 0.905. The van der Waals surface area contributed by atoms with Crippen LogP contribution < -0.4 is 10.5 Å². The number of ether oxygens (including phenoxy) is 1. The molecule has 2 aromatic rings. The summed E-state index contributed by atoms with van der Waals surface area (Å²) in [6.07, 6.45) is 0. The van der Waals surface area contributed by atoms with E-state index < -0.39 is 0 Å². The number of halogens is 1. The van der Waals surface area contributed by atoms with Crippen LogP contribution >= 0.6 is 0 Å². The summed E-state index contributed by atoms with van der Waals surface area (Å²) >= 11 is 0. The van der Waals surface area contributed by atoms with Crippen molar-refractivity contribution in [1.82, 2.24) is 10.2 Å². The summed E-state index contributed by atoms with van der Waals surface area (Å²) in [5, 5.41) is 7.94. The average molecular weight is 247 g/mol. The highest BCUT2D eigenvalue weighted by Crippen LogP contribution is 2.25. The zero-order valence-corrected chi connectivity index (χ0v) is 10.3. The second-order valence-corrected chi connectivity index (χ2v) is 3.96. The minimum Gasteiger partial charge on any atom is -0.437 e. The zero-order chi connectivity index (χ0) is 13.1. The van der Waals surface area contributed by atoms with Crippen LogP contribution in [-0.2, 0) is 6.54 Å². The molecule has 0 fully saturated rings. The van der Waals surface area contributed by atoms with E-state index in [-0.39, 0.29) is 5.82 Å². The first-order valence-electron chi connectivity index (χ1n) is 5.58. The Bertz CT molecular complexity index is 572. The van der Waals surface area contributed by atoms with Gasteiger partial charge in [0.15, 0.2) is 0 Å². The standard InChI is InChI=1S/C13H14FN3O/c1-8-9(2)16-17-13(12(8)7-15)18-11-5-3-4-10(14)6-11/h3-6H,7,15H2,1-2H3. The molecule has 94 valence electrons. The molecule has 0 saturated carbocycles. The summed E-state index contributed by atoms with van der Waals surface area (Å²) in [4.78, 5) is 0. The highest BCUT2D eigenvalue weighted by Gasteiger charge is 2.11. The number of nitrogens with zero attached hydrogens (tertiary/aromatic N) is 2. The van der Waals surface area contributed by atoms with Gasteiger partial charge in [-0.3, -0.25) is 0 Å². The van der Waals surface area contributed by atoms with Crippen LogP contribution in [-0.4, -0.2) is 10.2 Å². The summed E-state index contributed by atoms with van der Waals surface area (Å²) in [7, 11) is 0. The number of rotatable bonds is 3. The fourth-order valence-corrected chi connectivity index (χ4v) is 1.60. The molecule has 5 heteroatoms. The SMILES string of the molecule is Cc1nnc(Oc2cccc(F)c2)c(CN)c1C. The van der Waals surface area contributed by atoms with Gasteiger partial charge >= 0.3 is 0 Å². The lowest BCUT2D eigenvalue weighted by Crippen LogP contribution is -2.07. The van der Waals surface area contributed by atoms with Crippen LogP contribution in [0.25, 0.3) is 0 Å². The first-order valence-corrected chi connectivity index (χ1v) is 5.58. The third kappa shape index (κ3) is 2.46. The normalized spacial score (nSPS) is 10.4. The van der Waals surface area contributed by atoms with Crippen LogP contribution in [0.5, 0.6) is 11.6 Å². The van der Waals surface area contributed by atoms with Crippen molar-refractivity contribution >= 4 is 0 Å². The van der Waals surface area contributed by atoms with Gasteiger partial charge in [0.05, 0.1) is 5.69 Å². The lowest BCUT2D eigenvalue weighted by molar-refractivity contribution is 0.442. The monoisotopic (exact) mass is 247 g/mol. The van der Waals surface area contributed by atoms with Crippen LogP contribution in [0.1, 0.15) is 16.8 Å². The van der Waals surface area contributed by atoms with Crippen molar-refractivity contribution in [1.29, 1.82) is 0 Å². The molecule has 0 spiro atoms. The number of aryl methyl sites for hydroxylation is 1. The molecule has 1 aromatic heterocycles. The fraction of sp³-hybridized carbons (Fsp3) is 0.231. The Morgan fingerprint density at radius 1 is 1.28 bits per heavy atom. The van der Waals surface area contributed by atoms with Crippen LogP contribution in [0, 0.1) is 19.7 Å². The second-order valence-electron chi connectivity index (χ2n) is 3.96. The highest BCUT2D eigenvalue weighted by molar-refractivity contribution is 5.38. The van der Waals surface area contributed by atoms with E-state index in [0.717, 1.165) is 16.8 Å². The number of hydrogen-bond acceptors (Lipinski definition) is 4. The molecule has 2 rings (SSSR count). The molecule has 0 aliphatic heterocycles. The molecule has 0 saturated heterocycles. The minimum absolute atomic E-state index is 0.298. The molecule has 0 aliphatic rings. The van der Waals surface area contributed by atoms with Gasteiger partial charge in [0.25, 0.3) is 0 Å². The van der Waals surface area contributed by atoms with Crippen molar-refractivity contribution in [3.8, 4) is 11.6 Å². The van der Waals surface area contributed by atoms with Gasteiger partial charge in [-0.1, -0.05) is 6.07 Å². The van der Waals surface area contributed by atoms with Crippen LogP contribution in [0.15, 0.2) is 24.3 Å². The summed E-state index contributed by atoms with van der Waals surface area (Å²) in [6.45, 7) is 4.06. The van der Waals surface area contributed by atoms with Crippen molar-refractivity contribution in [3.05, 3.63) is 46.9 Å². The Balaban J connectivity index is 2.37. The van der Waals surface area contributed by atoms with E-state index >= 15 is 0 Å². The van der Waals surface area contributed by atoms with Crippen molar-refractivity contribution < 1.29 is 9.13 Å². The van der Waals surface area contributed by atoms with Crippen molar-refractivity contribution in [3.63, 3.8) is 0 Å². The van der Waals surface area contributed by atoms with Gasteiger partial charge in [-0.15, -0.1) is 5.10 Å². The molecular weight excluding hydrogens is 233 g/mol. The smallest absolute Gasteiger partial charge is 0.243 e. The van der Waals surface area contributed by atoms with Gasteiger partial charge in [0.2, 0.25) is 5.88 Å². The number of nitrogens with two attached hydrogens (primary N) is 1. The van der Waals surface area contributed by atoms with Gasteiger partial charge in [-0.25, -0.2) is 4.39 Å². The van der Waals surface area contributed by atoms with E-state index in [1.54, 1.807) is 12.1 Å². The lowest BCUT2D eigenvalue weighted by atomic mass is 10.1. The van der Waals surface area contributed by atoms with E-state index in [9.17, 15) is 4.39 Å². The number of hydrogen-bond donors (Lipinski definition) is 1. The fourth-order valence-electron chi connectivity index (χ4n) is 1.60. The van der Waals surface area contributed by atoms with E-state index in [1.807, 2.05) is 13.8 Å². The highest BCUT2D eigenvalue weighted by atomic mass is 19.1. The van der Waals surface area contributed by atoms with Crippen LogP contribution in [0.3, 0.4) is 0 Å². The molecule has 0 amide bonds. The van der Waals surface area contributed by atoms with Crippen molar-refractivity contribution in [2.75, 3.05) is 0 Å². The van der Waals surface area contributed by atoms with Crippen LogP contribution in [0.4, 0.5) is 4.39 Å². The molecule has 4 nitrogen and oxygen atoms in total. The molecular formula is C13H14FN3O. The summed E-state index contributed by atoms with van der Waals surface area (Å²) in [5.74, 6) is 0.340. The van der Waals surface area contributed by atoms with E-state index in [1.165, 1.54) is 12.1 Å². The number of benzene rings is 1. The first kappa shape index (κ1) is 12.4. The van der Waals surface area contributed by atoms with E-state index in [2.05, 4.69) is 10.2 Å². The molecule has 0 aliphatic carbocycles. The molecule has 18 heavy (non-hydrogen) atoms. The Kier molecular flexibility index (Phi) is 3.53. The average Bonchev–Trinajstić information content (AvgIpc) is 2.34. The Hall–Kier alpha value is -2.01. The minimum atomic E-state index is -0.362. The maximum absolute atomic E-state index is 13.1. The van der Waals surface area contributed by atoms with Crippen molar-refractivity contribution in [2.45, 2.75) is 20.4 Å². The molecule has 0 radical (unpaired) electrons. The predicted molar refractivity (Wildman–Crippen MR) is 65.9 cm³/mol. The molecule has 1 aromatic carbocycles. The predicted octanol–water partition coefficient (Wildman–Crippen LogP) is 2.48. The van der Waals surface area contributed by atoms with E-state index in [0.29, 0.717) is 18.2 Å². The molecule has 0 bridgehead atoms. The van der Waals surface area contributed by atoms with Crippen molar-refractivity contribution in [2.24, 2.45) is 5.73 Å². The topological polar surface area (TPSA) is 61.0 Å². The third-order valence-corrected chi connectivity index (χ3v) is 2.76. The Labute approximate surface area is 105 Å². The van der Waals surface area contributed by atoms with E-state index in [4.69, 9.17) is 10.5 Å². The van der Waals surface area contributed by atoms with Crippen LogP contribution in [0.2, 0.25) is 0 Å².